The molecule has 5 heteroatoms. The summed E-state index contributed by atoms with van der Waals surface area (Å²) in [6.07, 6.45) is 6.61. The fourth-order valence-corrected chi connectivity index (χ4v) is 5.25. The van der Waals surface area contributed by atoms with Crippen LogP contribution in [0.4, 0.5) is 0 Å². The molecule has 3 nitrogen and oxygen atoms in total. The Balaban J connectivity index is 1.93. The van der Waals surface area contributed by atoms with Crippen LogP contribution in [0.15, 0.2) is 0 Å². The van der Waals surface area contributed by atoms with Crippen molar-refractivity contribution in [3.8, 4) is 0 Å². The molecule has 1 saturated carbocycles. The maximum Gasteiger partial charge on any atom is 0.214 e. The van der Waals surface area contributed by atoms with E-state index in [-0.39, 0.29) is 11.3 Å². The zero-order valence-electron chi connectivity index (χ0n) is 11.1. The molecule has 2 aliphatic rings. The zero-order chi connectivity index (χ0) is 13.2. The predicted octanol–water partition coefficient (Wildman–Crippen LogP) is 2.85. The Morgan fingerprint density at radius 3 is 2.44 bits per heavy atom. The van der Waals surface area contributed by atoms with Gasteiger partial charge in [0.15, 0.2) is 0 Å². The van der Waals surface area contributed by atoms with E-state index in [1.165, 1.54) is 19.3 Å². The molecule has 18 heavy (non-hydrogen) atoms. The van der Waals surface area contributed by atoms with E-state index in [4.69, 9.17) is 11.6 Å². The fourth-order valence-electron chi connectivity index (χ4n) is 3.09. The van der Waals surface area contributed by atoms with Gasteiger partial charge in [0, 0.05) is 18.5 Å². The first-order valence-corrected chi connectivity index (χ1v) is 9.15. The smallest absolute Gasteiger partial charge is 0.212 e. The van der Waals surface area contributed by atoms with E-state index in [2.05, 4.69) is 0 Å². The van der Waals surface area contributed by atoms with Gasteiger partial charge < -0.3 is 0 Å². The van der Waals surface area contributed by atoms with Crippen LogP contribution in [0.2, 0.25) is 0 Å². The number of sulfonamides is 1. The van der Waals surface area contributed by atoms with E-state index >= 15 is 0 Å². The molecule has 0 spiro atoms. The van der Waals surface area contributed by atoms with Crippen molar-refractivity contribution >= 4 is 21.6 Å². The third kappa shape index (κ3) is 3.61. The van der Waals surface area contributed by atoms with Gasteiger partial charge in [-0.1, -0.05) is 26.2 Å². The lowest BCUT2D eigenvalue weighted by Crippen LogP contribution is -2.45. The summed E-state index contributed by atoms with van der Waals surface area (Å²) in [4.78, 5) is 0. The lowest BCUT2D eigenvalue weighted by atomic mass is 9.91. The zero-order valence-corrected chi connectivity index (χ0v) is 12.7. The largest absolute Gasteiger partial charge is 0.214 e. The van der Waals surface area contributed by atoms with Gasteiger partial charge in [0.25, 0.3) is 0 Å². The van der Waals surface area contributed by atoms with Crippen molar-refractivity contribution in [1.29, 1.82) is 0 Å². The molecule has 1 aliphatic heterocycles. The van der Waals surface area contributed by atoms with E-state index in [9.17, 15) is 8.42 Å². The Morgan fingerprint density at radius 2 is 1.83 bits per heavy atom. The van der Waals surface area contributed by atoms with Crippen LogP contribution in [0.5, 0.6) is 0 Å². The Hall–Kier alpha value is 0.200. The molecule has 2 unspecified atom stereocenters. The fraction of sp³-hybridized carbons (Fsp3) is 1.00. The van der Waals surface area contributed by atoms with Crippen LogP contribution >= 0.6 is 11.6 Å². The molecule has 2 fully saturated rings. The third-order valence-corrected chi connectivity index (χ3v) is 6.99. The minimum Gasteiger partial charge on any atom is -0.212 e. The van der Waals surface area contributed by atoms with E-state index < -0.39 is 10.0 Å². The van der Waals surface area contributed by atoms with E-state index in [1.54, 1.807) is 4.31 Å². The van der Waals surface area contributed by atoms with Crippen molar-refractivity contribution in [2.24, 2.45) is 11.8 Å². The summed E-state index contributed by atoms with van der Waals surface area (Å²) in [5.41, 5.74) is 0. The number of halogens is 1. The van der Waals surface area contributed by atoms with Gasteiger partial charge in [-0.15, -0.1) is 11.6 Å². The normalized spacial score (nSPS) is 32.6. The number of alkyl halides is 1. The van der Waals surface area contributed by atoms with Crippen LogP contribution in [0.25, 0.3) is 0 Å². The highest BCUT2D eigenvalue weighted by atomic mass is 35.5. The van der Waals surface area contributed by atoms with Gasteiger partial charge in [-0.05, 0) is 31.1 Å². The number of hydrogen-bond donors (Lipinski definition) is 0. The van der Waals surface area contributed by atoms with Crippen molar-refractivity contribution in [2.75, 3.05) is 18.8 Å². The second-order valence-electron chi connectivity index (χ2n) is 5.92. The third-order valence-electron chi connectivity index (χ3n) is 4.33. The molecule has 0 amide bonds. The lowest BCUT2D eigenvalue weighted by molar-refractivity contribution is 0.281. The first kappa shape index (κ1) is 14.6. The van der Waals surface area contributed by atoms with Gasteiger partial charge in [0.1, 0.15) is 0 Å². The van der Waals surface area contributed by atoms with Crippen LogP contribution in [0, 0.1) is 11.8 Å². The van der Waals surface area contributed by atoms with Crippen LogP contribution in [-0.4, -0.2) is 36.9 Å². The maximum atomic E-state index is 12.4. The molecule has 2 atom stereocenters. The molecular weight excluding hydrogens is 270 g/mol. The van der Waals surface area contributed by atoms with Crippen LogP contribution in [0.3, 0.4) is 0 Å². The number of piperidine rings is 1. The highest BCUT2D eigenvalue weighted by molar-refractivity contribution is 7.89. The lowest BCUT2D eigenvalue weighted by Gasteiger charge is -2.34. The van der Waals surface area contributed by atoms with Crippen LogP contribution in [-0.2, 0) is 10.0 Å². The summed E-state index contributed by atoms with van der Waals surface area (Å²) >= 11 is 6.15. The maximum absolute atomic E-state index is 12.4. The second-order valence-corrected chi connectivity index (χ2v) is 8.50. The molecule has 1 aliphatic carbocycles. The Bertz CT molecular complexity index is 365. The number of nitrogens with zero attached hydrogens (tertiary/aromatic N) is 1. The second kappa shape index (κ2) is 6.10. The van der Waals surface area contributed by atoms with E-state index in [0.717, 1.165) is 19.3 Å². The van der Waals surface area contributed by atoms with Crippen molar-refractivity contribution < 1.29 is 8.42 Å². The molecule has 0 N–H and O–H groups in total. The molecule has 106 valence electrons. The molecule has 2 rings (SSSR count). The Labute approximate surface area is 116 Å². The van der Waals surface area contributed by atoms with Crippen molar-refractivity contribution in [1.82, 2.24) is 4.31 Å². The average molecular weight is 294 g/mol. The van der Waals surface area contributed by atoms with Crippen molar-refractivity contribution in [3.63, 3.8) is 0 Å². The molecule has 0 aromatic carbocycles. The standard InChI is InChI=1S/C13H24ClNO2S/c1-11-9-15(8-7-13(11)14)18(16,17)10-12-5-3-2-4-6-12/h11-13H,2-10H2,1H3. The molecule has 1 heterocycles. The molecule has 1 saturated heterocycles. The van der Waals surface area contributed by atoms with Crippen molar-refractivity contribution in [3.05, 3.63) is 0 Å². The van der Waals surface area contributed by atoms with E-state index in [0.29, 0.717) is 24.8 Å². The number of rotatable bonds is 3. The van der Waals surface area contributed by atoms with Gasteiger partial charge in [0.05, 0.1) is 5.75 Å². The molecule has 0 bridgehead atoms. The quantitative estimate of drug-likeness (QED) is 0.750. The summed E-state index contributed by atoms with van der Waals surface area (Å²) in [7, 11) is -3.06. The minimum atomic E-state index is -3.06. The summed E-state index contributed by atoms with van der Waals surface area (Å²) < 4.78 is 26.4. The van der Waals surface area contributed by atoms with Crippen LogP contribution in [0.1, 0.15) is 45.4 Å². The van der Waals surface area contributed by atoms with Gasteiger partial charge in [-0.2, -0.15) is 0 Å². The molecule has 0 radical (unpaired) electrons. The highest BCUT2D eigenvalue weighted by Crippen LogP contribution is 2.28. The molecule has 0 aromatic rings. The van der Waals surface area contributed by atoms with Gasteiger partial charge in [0.2, 0.25) is 10.0 Å². The first-order valence-electron chi connectivity index (χ1n) is 7.11. The summed E-state index contributed by atoms with van der Waals surface area (Å²) in [5, 5.41) is 0.131. The topological polar surface area (TPSA) is 37.4 Å². The van der Waals surface area contributed by atoms with Gasteiger partial charge in [-0.3, -0.25) is 0 Å². The Kier molecular flexibility index (Phi) is 4.95. The Morgan fingerprint density at radius 1 is 1.17 bits per heavy atom. The van der Waals surface area contributed by atoms with Crippen molar-refractivity contribution in [2.45, 2.75) is 50.8 Å². The minimum absolute atomic E-state index is 0.131. The first-order chi connectivity index (χ1) is 8.49. The average Bonchev–Trinajstić information content (AvgIpc) is 2.33. The predicted molar refractivity (Wildman–Crippen MR) is 75.4 cm³/mol. The highest BCUT2D eigenvalue weighted by Gasteiger charge is 2.33. The van der Waals surface area contributed by atoms with Gasteiger partial charge in [-0.25, -0.2) is 12.7 Å². The summed E-state index contributed by atoms with van der Waals surface area (Å²) in [6.45, 7) is 3.25. The monoisotopic (exact) mass is 293 g/mol. The summed E-state index contributed by atoms with van der Waals surface area (Å²) in [5.74, 6) is 1.00. The molecular formula is C13H24ClNO2S. The van der Waals surface area contributed by atoms with E-state index in [1.807, 2.05) is 6.92 Å². The summed E-state index contributed by atoms with van der Waals surface area (Å²) in [6, 6.07) is 0. The molecule has 0 aromatic heterocycles. The van der Waals surface area contributed by atoms with Gasteiger partial charge >= 0.3 is 0 Å². The number of hydrogen-bond acceptors (Lipinski definition) is 2. The van der Waals surface area contributed by atoms with Crippen LogP contribution < -0.4 is 0 Å². The SMILES string of the molecule is CC1CN(S(=O)(=O)CC2CCCCC2)CCC1Cl.